The molecule has 0 aliphatic carbocycles. The van der Waals surface area contributed by atoms with Crippen molar-refractivity contribution in [2.45, 2.75) is 26.1 Å². The topological polar surface area (TPSA) is 68.8 Å². The first-order valence-corrected chi connectivity index (χ1v) is 7.39. The molecule has 128 valence electrons. The lowest BCUT2D eigenvalue weighted by molar-refractivity contribution is -0.126. The van der Waals surface area contributed by atoms with Crippen LogP contribution in [0.4, 0.5) is 8.78 Å². The molecule has 1 aliphatic heterocycles. The van der Waals surface area contributed by atoms with Gasteiger partial charge < -0.3 is 24.8 Å². The number of benzene rings is 1. The second-order valence-electron chi connectivity index (χ2n) is 4.89. The molecule has 1 aromatic rings. The number of morpholine rings is 1. The van der Waals surface area contributed by atoms with Gasteiger partial charge in [-0.3, -0.25) is 4.79 Å². The van der Waals surface area contributed by atoms with E-state index in [-0.39, 0.29) is 30.0 Å². The molecule has 1 unspecified atom stereocenters. The van der Waals surface area contributed by atoms with Crippen LogP contribution >= 0.6 is 0 Å². The average Bonchev–Trinajstić information content (AvgIpc) is 2.55. The zero-order valence-corrected chi connectivity index (χ0v) is 12.8. The highest BCUT2D eigenvalue weighted by Crippen LogP contribution is 2.29. The second-order valence-corrected chi connectivity index (χ2v) is 4.89. The minimum atomic E-state index is -2.92. The lowest BCUT2D eigenvalue weighted by atomic mass is 10.2. The Morgan fingerprint density at radius 2 is 2.30 bits per heavy atom. The van der Waals surface area contributed by atoms with Gasteiger partial charge in [0, 0.05) is 13.1 Å². The Morgan fingerprint density at radius 3 is 2.96 bits per heavy atom. The van der Waals surface area contributed by atoms with Crippen LogP contribution in [0, 0.1) is 0 Å². The Hall–Kier alpha value is -1.93. The monoisotopic (exact) mass is 330 g/mol. The van der Waals surface area contributed by atoms with Gasteiger partial charge in [-0.1, -0.05) is 6.07 Å². The van der Waals surface area contributed by atoms with Crippen LogP contribution in [-0.2, 0) is 16.1 Å². The highest BCUT2D eigenvalue weighted by Gasteiger charge is 2.20. The number of halogens is 2. The molecule has 6 nitrogen and oxygen atoms in total. The Balaban J connectivity index is 1.96. The maximum absolute atomic E-state index is 12.3. The van der Waals surface area contributed by atoms with Gasteiger partial charge in [0.05, 0.1) is 19.8 Å². The van der Waals surface area contributed by atoms with Crippen LogP contribution in [0.1, 0.15) is 12.5 Å². The first-order valence-electron chi connectivity index (χ1n) is 7.39. The highest BCUT2D eigenvalue weighted by molar-refractivity contribution is 5.82. The van der Waals surface area contributed by atoms with Gasteiger partial charge in [0.15, 0.2) is 11.5 Å². The number of ether oxygens (including phenoxy) is 3. The Bertz CT molecular complexity index is 522. The van der Waals surface area contributed by atoms with Crippen molar-refractivity contribution in [2.75, 3.05) is 26.4 Å². The van der Waals surface area contributed by atoms with E-state index in [0.717, 1.165) is 5.56 Å². The summed E-state index contributed by atoms with van der Waals surface area (Å²) in [5.41, 5.74) is 0.722. The number of alkyl halides is 2. The summed E-state index contributed by atoms with van der Waals surface area (Å²) in [5.74, 6) is 0.0218. The van der Waals surface area contributed by atoms with Crippen molar-refractivity contribution in [1.82, 2.24) is 10.6 Å². The van der Waals surface area contributed by atoms with Crippen molar-refractivity contribution in [3.05, 3.63) is 23.8 Å². The summed E-state index contributed by atoms with van der Waals surface area (Å²) in [6.45, 7) is 0.952. The molecule has 0 radical (unpaired) electrons. The molecule has 1 heterocycles. The minimum absolute atomic E-state index is 0.0285. The van der Waals surface area contributed by atoms with E-state index < -0.39 is 6.61 Å². The summed E-state index contributed by atoms with van der Waals surface area (Å²) < 4.78 is 39.6. The smallest absolute Gasteiger partial charge is 0.387 e. The summed E-state index contributed by atoms with van der Waals surface area (Å²) in [6.07, 6.45) is 0. The van der Waals surface area contributed by atoms with Gasteiger partial charge in [-0.2, -0.15) is 8.78 Å². The average molecular weight is 330 g/mol. The van der Waals surface area contributed by atoms with E-state index in [2.05, 4.69) is 15.4 Å². The molecule has 1 fully saturated rings. The number of carbonyl (C=O) groups is 1. The largest absolute Gasteiger partial charge is 0.490 e. The van der Waals surface area contributed by atoms with E-state index in [4.69, 9.17) is 9.47 Å². The van der Waals surface area contributed by atoms with Crippen LogP contribution in [0.15, 0.2) is 18.2 Å². The molecule has 8 heteroatoms. The van der Waals surface area contributed by atoms with Crippen molar-refractivity contribution in [1.29, 1.82) is 0 Å². The molecule has 0 bridgehead atoms. The van der Waals surface area contributed by atoms with Crippen molar-refractivity contribution in [2.24, 2.45) is 0 Å². The second kappa shape index (κ2) is 8.64. The molecule has 1 amide bonds. The molecular weight excluding hydrogens is 310 g/mol. The summed E-state index contributed by atoms with van der Waals surface area (Å²) in [5, 5.41) is 5.82. The maximum atomic E-state index is 12.3. The molecule has 0 aromatic heterocycles. The van der Waals surface area contributed by atoms with Gasteiger partial charge in [-0.05, 0) is 24.6 Å². The molecule has 0 saturated carbocycles. The summed E-state index contributed by atoms with van der Waals surface area (Å²) in [4.78, 5) is 12.0. The number of carbonyl (C=O) groups excluding carboxylic acids is 1. The number of rotatable bonds is 7. The van der Waals surface area contributed by atoms with Crippen LogP contribution in [0.25, 0.3) is 0 Å². The van der Waals surface area contributed by atoms with Crippen LogP contribution < -0.4 is 20.1 Å². The van der Waals surface area contributed by atoms with E-state index >= 15 is 0 Å². The van der Waals surface area contributed by atoms with E-state index in [0.29, 0.717) is 26.4 Å². The zero-order chi connectivity index (χ0) is 16.7. The van der Waals surface area contributed by atoms with Gasteiger partial charge in [0.1, 0.15) is 6.04 Å². The lowest BCUT2D eigenvalue weighted by Crippen LogP contribution is -2.51. The Kier molecular flexibility index (Phi) is 6.54. The first kappa shape index (κ1) is 17.4. The van der Waals surface area contributed by atoms with Crippen molar-refractivity contribution in [3.63, 3.8) is 0 Å². The van der Waals surface area contributed by atoms with Crippen LogP contribution in [0.3, 0.4) is 0 Å². The predicted octanol–water partition coefficient (Wildman–Crippen LogP) is 1.29. The fraction of sp³-hybridized carbons (Fsp3) is 0.533. The molecule has 1 aromatic carbocycles. The first-order chi connectivity index (χ1) is 11.1. The third-order valence-corrected chi connectivity index (χ3v) is 3.23. The SMILES string of the molecule is CCOc1cc(CNC(=O)C2COCCN2)ccc1OC(F)F. The van der Waals surface area contributed by atoms with Crippen LogP contribution in [-0.4, -0.2) is 44.9 Å². The van der Waals surface area contributed by atoms with Crippen molar-refractivity contribution in [3.8, 4) is 11.5 Å². The van der Waals surface area contributed by atoms with Gasteiger partial charge in [-0.25, -0.2) is 0 Å². The van der Waals surface area contributed by atoms with Gasteiger partial charge in [-0.15, -0.1) is 0 Å². The zero-order valence-electron chi connectivity index (χ0n) is 12.8. The van der Waals surface area contributed by atoms with E-state index in [1.165, 1.54) is 6.07 Å². The third-order valence-electron chi connectivity index (χ3n) is 3.23. The highest BCUT2D eigenvalue weighted by atomic mass is 19.3. The predicted molar refractivity (Wildman–Crippen MR) is 78.7 cm³/mol. The Morgan fingerprint density at radius 1 is 1.48 bits per heavy atom. The molecular formula is C15H20F2N2O4. The Labute approximate surface area is 133 Å². The molecule has 2 rings (SSSR count). The summed E-state index contributed by atoms with van der Waals surface area (Å²) in [7, 11) is 0. The molecule has 23 heavy (non-hydrogen) atoms. The minimum Gasteiger partial charge on any atom is -0.490 e. The number of hydrogen-bond acceptors (Lipinski definition) is 5. The normalized spacial score (nSPS) is 17.8. The molecule has 0 spiro atoms. The quantitative estimate of drug-likeness (QED) is 0.788. The number of hydrogen-bond donors (Lipinski definition) is 2. The van der Waals surface area contributed by atoms with Gasteiger partial charge >= 0.3 is 6.61 Å². The lowest BCUT2D eigenvalue weighted by Gasteiger charge is -2.23. The van der Waals surface area contributed by atoms with Gasteiger partial charge in [0.2, 0.25) is 5.91 Å². The molecule has 1 atom stereocenters. The van der Waals surface area contributed by atoms with Crippen molar-refractivity contribution < 1.29 is 27.8 Å². The fourth-order valence-corrected chi connectivity index (χ4v) is 2.17. The molecule has 2 N–H and O–H groups in total. The van der Waals surface area contributed by atoms with E-state index in [1.54, 1.807) is 19.1 Å². The summed E-state index contributed by atoms with van der Waals surface area (Å²) in [6, 6.07) is 4.20. The number of nitrogens with one attached hydrogen (secondary N) is 2. The van der Waals surface area contributed by atoms with E-state index in [9.17, 15) is 13.6 Å². The number of amides is 1. The van der Waals surface area contributed by atoms with Crippen LogP contribution in [0.2, 0.25) is 0 Å². The standard InChI is InChI=1S/C15H20F2N2O4/c1-2-22-13-7-10(3-4-12(13)23-15(16)17)8-19-14(20)11-9-21-6-5-18-11/h3-4,7,11,15,18H,2,5-6,8-9H2,1H3,(H,19,20). The molecule has 1 saturated heterocycles. The van der Waals surface area contributed by atoms with Gasteiger partial charge in [0.25, 0.3) is 0 Å². The fourth-order valence-electron chi connectivity index (χ4n) is 2.17. The maximum Gasteiger partial charge on any atom is 0.387 e. The van der Waals surface area contributed by atoms with E-state index in [1.807, 2.05) is 0 Å². The summed E-state index contributed by atoms with van der Waals surface area (Å²) >= 11 is 0. The van der Waals surface area contributed by atoms with Crippen molar-refractivity contribution >= 4 is 5.91 Å². The third kappa shape index (κ3) is 5.33. The molecule has 1 aliphatic rings. The van der Waals surface area contributed by atoms with Crippen LogP contribution in [0.5, 0.6) is 11.5 Å².